The Kier molecular flexibility index (Phi) is 5.80. The summed E-state index contributed by atoms with van der Waals surface area (Å²) in [4.78, 5) is 5.92. The van der Waals surface area contributed by atoms with Crippen LogP contribution in [0.5, 0.6) is 0 Å². The molecule has 1 saturated carbocycles. The zero-order valence-corrected chi connectivity index (χ0v) is 16.7. The van der Waals surface area contributed by atoms with Gasteiger partial charge in [-0.25, -0.2) is 0 Å². The van der Waals surface area contributed by atoms with Gasteiger partial charge in [0.1, 0.15) is 0 Å². The van der Waals surface area contributed by atoms with Crippen molar-refractivity contribution >= 4 is 17.3 Å². The van der Waals surface area contributed by atoms with Crippen LogP contribution in [0, 0.1) is 12.8 Å². The van der Waals surface area contributed by atoms with E-state index in [1.54, 1.807) is 0 Å². The molecule has 1 fully saturated rings. The Morgan fingerprint density at radius 2 is 1.75 bits per heavy atom. The van der Waals surface area contributed by atoms with Crippen molar-refractivity contribution in [3.8, 4) is 11.1 Å². The van der Waals surface area contributed by atoms with E-state index in [0.29, 0.717) is 12.5 Å². The number of hydrogen-bond acceptors (Lipinski definition) is 2. The second-order valence-electron chi connectivity index (χ2n) is 7.27. The molecule has 1 aliphatic carbocycles. The first-order chi connectivity index (χ1) is 13.7. The molecule has 1 aliphatic rings. The number of allylic oxidation sites excluding steroid dienone is 1. The summed E-state index contributed by atoms with van der Waals surface area (Å²) in [6.07, 6.45) is 4.75. The maximum atomic E-state index is 6.03. The average Bonchev–Trinajstić information content (AvgIpc) is 3.54. The lowest BCUT2D eigenvalue weighted by Crippen LogP contribution is -2.14. The van der Waals surface area contributed by atoms with Gasteiger partial charge in [0, 0.05) is 5.02 Å². The third-order valence-corrected chi connectivity index (χ3v) is 5.37. The molecular weight excluding hydrogens is 366 g/mol. The highest BCUT2D eigenvalue weighted by molar-refractivity contribution is 6.30. The van der Waals surface area contributed by atoms with Crippen molar-refractivity contribution in [3.63, 3.8) is 0 Å². The molecule has 0 amide bonds. The molecule has 0 atom stereocenters. The third kappa shape index (κ3) is 4.64. The summed E-state index contributed by atoms with van der Waals surface area (Å²) in [6, 6.07) is 24.7. The van der Waals surface area contributed by atoms with Crippen LogP contribution in [-0.4, -0.2) is 0 Å². The number of hydroxylamine groups is 1. The van der Waals surface area contributed by atoms with E-state index in [0.717, 1.165) is 16.3 Å². The molecule has 0 spiro atoms. The molecule has 3 aromatic rings. The van der Waals surface area contributed by atoms with E-state index in [-0.39, 0.29) is 0 Å². The zero-order chi connectivity index (χ0) is 19.3. The first-order valence-corrected chi connectivity index (χ1v) is 10.1. The minimum Gasteiger partial charge on any atom is -0.271 e. The molecule has 2 nitrogen and oxygen atoms in total. The predicted molar refractivity (Wildman–Crippen MR) is 117 cm³/mol. The lowest BCUT2D eigenvalue weighted by molar-refractivity contribution is 0.0641. The molecule has 3 aromatic carbocycles. The summed E-state index contributed by atoms with van der Waals surface area (Å²) in [5.41, 5.74) is 10.2. The molecule has 0 aliphatic heterocycles. The second-order valence-corrected chi connectivity index (χ2v) is 7.71. The Morgan fingerprint density at radius 3 is 2.46 bits per heavy atom. The lowest BCUT2D eigenvalue weighted by Gasteiger charge is -2.15. The number of halogens is 1. The SMILES string of the molecule is Cc1c(CONC(=CC2CC2)c2ccc(Cl)cc2)cccc1-c1ccccc1. The van der Waals surface area contributed by atoms with Gasteiger partial charge in [0.25, 0.3) is 0 Å². The standard InChI is InChI=1S/C25H24ClNO/c1-18-22(8-5-9-24(18)20-6-3-2-4-7-20)17-28-27-25(16-19-10-11-19)21-12-14-23(26)15-13-21/h2-9,12-16,19,27H,10-11,17H2,1H3. The van der Waals surface area contributed by atoms with Crippen LogP contribution < -0.4 is 5.48 Å². The maximum Gasteiger partial charge on any atom is 0.0999 e. The Balaban J connectivity index is 1.47. The highest BCUT2D eigenvalue weighted by Gasteiger charge is 2.20. The first kappa shape index (κ1) is 18.8. The molecule has 142 valence electrons. The van der Waals surface area contributed by atoms with Gasteiger partial charge >= 0.3 is 0 Å². The quantitative estimate of drug-likeness (QED) is 0.449. The molecule has 1 N–H and O–H groups in total. The lowest BCUT2D eigenvalue weighted by atomic mass is 9.97. The van der Waals surface area contributed by atoms with Crippen LogP contribution in [0.1, 0.15) is 29.5 Å². The first-order valence-electron chi connectivity index (χ1n) is 9.70. The van der Waals surface area contributed by atoms with Gasteiger partial charge in [-0.3, -0.25) is 10.3 Å². The molecular formula is C25H24ClNO. The fraction of sp³-hybridized carbons (Fsp3) is 0.200. The molecule has 0 radical (unpaired) electrons. The van der Waals surface area contributed by atoms with Gasteiger partial charge in [0.15, 0.2) is 0 Å². The van der Waals surface area contributed by atoms with Crippen LogP contribution in [0.4, 0.5) is 0 Å². The molecule has 4 rings (SSSR count). The van der Waals surface area contributed by atoms with Crippen LogP contribution in [0.3, 0.4) is 0 Å². The normalized spacial score (nSPS) is 14.1. The number of nitrogens with one attached hydrogen (secondary N) is 1. The fourth-order valence-corrected chi connectivity index (χ4v) is 3.41. The molecule has 3 heteroatoms. The van der Waals surface area contributed by atoms with E-state index in [4.69, 9.17) is 16.4 Å². The van der Waals surface area contributed by atoms with Crippen molar-refractivity contribution in [2.24, 2.45) is 5.92 Å². The van der Waals surface area contributed by atoms with Crippen molar-refractivity contribution in [1.29, 1.82) is 0 Å². The average molecular weight is 390 g/mol. The highest BCUT2D eigenvalue weighted by atomic mass is 35.5. The molecule has 0 aromatic heterocycles. The van der Waals surface area contributed by atoms with Crippen molar-refractivity contribution in [2.75, 3.05) is 0 Å². The van der Waals surface area contributed by atoms with Crippen molar-refractivity contribution < 1.29 is 4.84 Å². The molecule has 0 bridgehead atoms. The van der Waals surface area contributed by atoms with Crippen molar-refractivity contribution in [2.45, 2.75) is 26.4 Å². The van der Waals surface area contributed by atoms with Gasteiger partial charge < -0.3 is 0 Å². The minimum atomic E-state index is 0.502. The van der Waals surface area contributed by atoms with E-state index < -0.39 is 0 Å². The molecule has 0 saturated heterocycles. The van der Waals surface area contributed by atoms with Crippen LogP contribution in [-0.2, 0) is 11.4 Å². The van der Waals surface area contributed by atoms with Gasteiger partial charge in [-0.05, 0) is 65.6 Å². The van der Waals surface area contributed by atoms with Gasteiger partial charge in [0.2, 0.25) is 0 Å². The smallest absolute Gasteiger partial charge is 0.0999 e. The summed E-state index contributed by atoms with van der Waals surface area (Å²) in [7, 11) is 0. The highest BCUT2D eigenvalue weighted by Crippen LogP contribution is 2.33. The Labute approximate surface area is 171 Å². The molecule has 0 heterocycles. The van der Waals surface area contributed by atoms with E-state index in [1.807, 2.05) is 30.3 Å². The predicted octanol–water partition coefficient (Wildman–Crippen LogP) is 6.79. The van der Waals surface area contributed by atoms with E-state index >= 15 is 0 Å². The molecule has 0 unspecified atom stereocenters. The summed E-state index contributed by atoms with van der Waals surface area (Å²) < 4.78 is 0. The Morgan fingerprint density at radius 1 is 1.00 bits per heavy atom. The third-order valence-electron chi connectivity index (χ3n) is 5.12. The van der Waals surface area contributed by atoms with Gasteiger partial charge in [0.05, 0.1) is 12.3 Å². The van der Waals surface area contributed by atoms with Crippen LogP contribution in [0.2, 0.25) is 5.02 Å². The monoisotopic (exact) mass is 389 g/mol. The van der Waals surface area contributed by atoms with E-state index in [1.165, 1.54) is 35.1 Å². The second kappa shape index (κ2) is 8.64. The van der Waals surface area contributed by atoms with E-state index in [9.17, 15) is 0 Å². The maximum absolute atomic E-state index is 6.03. The van der Waals surface area contributed by atoms with Gasteiger partial charge in [-0.15, -0.1) is 0 Å². The molecule has 28 heavy (non-hydrogen) atoms. The Bertz CT molecular complexity index is 960. The fourth-order valence-electron chi connectivity index (χ4n) is 3.28. The van der Waals surface area contributed by atoms with E-state index in [2.05, 4.69) is 60.9 Å². The van der Waals surface area contributed by atoms with Crippen LogP contribution in [0.15, 0.2) is 78.9 Å². The summed E-state index contributed by atoms with van der Waals surface area (Å²) in [5.74, 6) is 0.643. The number of hydrogen-bond donors (Lipinski definition) is 1. The zero-order valence-electron chi connectivity index (χ0n) is 16.0. The number of rotatable bonds is 7. The van der Waals surface area contributed by atoms with Gasteiger partial charge in [-0.2, -0.15) is 0 Å². The largest absolute Gasteiger partial charge is 0.271 e. The number of benzene rings is 3. The topological polar surface area (TPSA) is 21.3 Å². The summed E-state index contributed by atoms with van der Waals surface area (Å²) in [6.45, 7) is 2.66. The summed E-state index contributed by atoms with van der Waals surface area (Å²) in [5, 5.41) is 0.740. The summed E-state index contributed by atoms with van der Waals surface area (Å²) >= 11 is 6.03. The van der Waals surface area contributed by atoms with Gasteiger partial charge in [-0.1, -0.05) is 78.3 Å². The van der Waals surface area contributed by atoms with Crippen molar-refractivity contribution in [1.82, 2.24) is 5.48 Å². The minimum absolute atomic E-state index is 0.502. The Hall–Kier alpha value is -2.55. The van der Waals surface area contributed by atoms with Crippen molar-refractivity contribution in [3.05, 3.63) is 101 Å². The van der Waals surface area contributed by atoms with Crippen LogP contribution in [0.25, 0.3) is 16.8 Å². The van der Waals surface area contributed by atoms with Crippen LogP contribution >= 0.6 is 11.6 Å².